The third kappa shape index (κ3) is 5.51. The van der Waals surface area contributed by atoms with Gasteiger partial charge in [-0.15, -0.1) is 11.6 Å². The van der Waals surface area contributed by atoms with Gasteiger partial charge in [0.2, 0.25) is 10.0 Å². The van der Waals surface area contributed by atoms with E-state index in [9.17, 15) is 8.42 Å². The van der Waals surface area contributed by atoms with E-state index in [1.807, 2.05) is 13.8 Å². The smallest absolute Gasteiger partial charge is 0.212 e. The second-order valence-electron chi connectivity index (χ2n) is 4.50. The molecular weight excluding hydrogens is 246 g/mol. The molecule has 0 rings (SSSR count). The lowest BCUT2D eigenvalue weighted by molar-refractivity contribution is 0.359. The van der Waals surface area contributed by atoms with E-state index in [0.29, 0.717) is 24.9 Å². The van der Waals surface area contributed by atoms with Crippen LogP contribution in [0.1, 0.15) is 34.1 Å². The van der Waals surface area contributed by atoms with Gasteiger partial charge in [-0.2, -0.15) is 0 Å². The molecular formula is C11H24ClNO2S. The number of alkyl halides is 1. The molecule has 0 radical (unpaired) electrons. The fourth-order valence-electron chi connectivity index (χ4n) is 1.43. The number of sulfonamides is 1. The highest BCUT2D eigenvalue weighted by atomic mass is 35.5. The molecule has 3 nitrogen and oxygen atoms in total. The van der Waals surface area contributed by atoms with Gasteiger partial charge in [0.15, 0.2) is 0 Å². The molecule has 2 unspecified atom stereocenters. The van der Waals surface area contributed by atoms with Crippen molar-refractivity contribution in [2.45, 2.75) is 34.1 Å². The monoisotopic (exact) mass is 269 g/mol. The lowest BCUT2D eigenvalue weighted by Gasteiger charge is -2.24. The van der Waals surface area contributed by atoms with E-state index in [1.165, 1.54) is 0 Å². The number of hydrogen-bond donors (Lipinski definition) is 0. The van der Waals surface area contributed by atoms with Crippen molar-refractivity contribution in [2.24, 2.45) is 11.8 Å². The van der Waals surface area contributed by atoms with Crippen LogP contribution in [0.4, 0.5) is 0 Å². The van der Waals surface area contributed by atoms with Crippen molar-refractivity contribution < 1.29 is 8.42 Å². The Hall–Kier alpha value is 0.200. The molecule has 0 saturated carbocycles. The maximum atomic E-state index is 12.0. The van der Waals surface area contributed by atoms with Crippen LogP contribution in [0.5, 0.6) is 0 Å². The summed E-state index contributed by atoms with van der Waals surface area (Å²) in [5, 5.41) is 0. The highest BCUT2D eigenvalue weighted by Gasteiger charge is 2.23. The van der Waals surface area contributed by atoms with Crippen LogP contribution < -0.4 is 0 Å². The zero-order chi connectivity index (χ0) is 12.8. The molecule has 0 spiro atoms. The van der Waals surface area contributed by atoms with Gasteiger partial charge < -0.3 is 0 Å². The zero-order valence-corrected chi connectivity index (χ0v) is 12.3. The van der Waals surface area contributed by atoms with Crippen molar-refractivity contribution in [3.63, 3.8) is 0 Å². The normalized spacial score (nSPS) is 16.4. The first-order valence-corrected chi connectivity index (χ1v) is 8.05. The third-order valence-corrected chi connectivity index (χ3v) is 5.43. The lowest BCUT2D eigenvalue weighted by atomic mass is 10.1. The van der Waals surface area contributed by atoms with Crippen LogP contribution >= 0.6 is 11.6 Å². The van der Waals surface area contributed by atoms with Crippen LogP contribution in [0.2, 0.25) is 0 Å². The van der Waals surface area contributed by atoms with Crippen LogP contribution in [0.3, 0.4) is 0 Å². The van der Waals surface area contributed by atoms with Gasteiger partial charge in [-0.25, -0.2) is 12.7 Å². The van der Waals surface area contributed by atoms with Gasteiger partial charge >= 0.3 is 0 Å². The molecule has 0 bridgehead atoms. The van der Waals surface area contributed by atoms with Gasteiger partial charge in [-0.1, -0.05) is 34.1 Å². The molecule has 2 atom stereocenters. The molecule has 0 amide bonds. The van der Waals surface area contributed by atoms with E-state index < -0.39 is 10.0 Å². The zero-order valence-electron chi connectivity index (χ0n) is 10.7. The summed E-state index contributed by atoms with van der Waals surface area (Å²) in [6.07, 6.45) is 0.997. The number of hydrogen-bond acceptors (Lipinski definition) is 2. The summed E-state index contributed by atoms with van der Waals surface area (Å²) in [5.41, 5.74) is 0. The summed E-state index contributed by atoms with van der Waals surface area (Å²) >= 11 is 5.66. The molecule has 0 aromatic rings. The molecule has 0 fully saturated rings. The van der Waals surface area contributed by atoms with Crippen LogP contribution in [-0.2, 0) is 10.0 Å². The summed E-state index contributed by atoms with van der Waals surface area (Å²) in [5.74, 6) is 0.958. The molecule has 0 aliphatic rings. The van der Waals surface area contributed by atoms with Crippen molar-refractivity contribution in [1.29, 1.82) is 0 Å². The van der Waals surface area contributed by atoms with Crippen LogP contribution in [0, 0.1) is 11.8 Å². The van der Waals surface area contributed by atoms with Crippen LogP contribution in [0.15, 0.2) is 0 Å². The molecule has 5 heteroatoms. The van der Waals surface area contributed by atoms with Crippen molar-refractivity contribution in [1.82, 2.24) is 4.31 Å². The molecule has 0 heterocycles. The first-order valence-electron chi connectivity index (χ1n) is 5.91. The molecule has 0 aliphatic carbocycles. The summed E-state index contributed by atoms with van der Waals surface area (Å²) in [6.45, 7) is 9.05. The molecule has 0 aromatic carbocycles. The van der Waals surface area contributed by atoms with Crippen molar-refractivity contribution in [2.75, 3.05) is 24.7 Å². The Bertz CT molecular complexity index is 280. The molecule has 98 valence electrons. The second-order valence-corrected chi connectivity index (χ2v) is 6.82. The van der Waals surface area contributed by atoms with Gasteiger partial charge in [0.25, 0.3) is 0 Å². The number of nitrogens with zero attached hydrogens (tertiary/aromatic N) is 1. The Morgan fingerprint density at radius 3 is 2.12 bits per heavy atom. The Labute approximate surface area is 105 Å². The van der Waals surface area contributed by atoms with Crippen molar-refractivity contribution >= 4 is 21.6 Å². The SMILES string of the molecule is CCC(C)CN(CC)S(=O)(=O)CC(C)CCl. The van der Waals surface area contributed by atoms with Crippen molar-refractivity contribution in [3.05, 3.63) is 0 Å². The fraction of sp³-hybridized carbons (Fsp3) is 1.00. The van der Waals surface area contributed by atoms with E-state index in [4.69, 9.17) is 11.6 Å². The minimum Gasteiger partial charge on any atom is -0.212 e. The van der Waals surface area contributed by atoms with Gasteiger partial charge in [0.1, 0.15) is 0 Å². The van der Waals surface area contributed by atoms with E-state index in [0.717, 1.165) is 6.42 Å². The highest BCUT2D eigenvalue weighted by molar-refractivity contribution is 7.89. The van der Waals surface area contributed by atoms with Crippen LogP contribution in [0.25, 0.3) is 0 Å². The Morgan fingerprint density at radius 2 is 1.75 bits per heavy atom. The first kappa shape index (κ1) is 16.2. The average molecular weight is 270 g/mol. The summed E-state index contributed by atoms with van der Waals surface area (Å²) in [7, 11) is -3.14. The maximum Gasteiger partial charge on any atom is 0.214 e. The minimum absolute atomic E-state index is 0.0117. The summed E-state index contributed by atoms with van der Waals surface area (Å²) < 4.78 is 25.7. The van der Waals surface area contributed by atoms with E-state index in [-0.39, 0.29) is 11.7 Å². The van der Waals surface area contributed by atoms with Gasteiger partial charge in [-0.3, -0.25) is 0 Å². The quantitative estimate of drug-likeness (QED) is 0.635. The maximum absolute atomic E-state index is 12.0. The van der Waals surface area contributed by atoms with Gasteiger partial charge in [0.05, 0.1) is 5.75 Å². The van der Waals surface area contributed by atoms with E-state index in [2.05, 4.69) is 13.8 Å². The largest absolute Gasteiger partial charge is 0.214 e. The Morgan fingerprint density at radius 1 is 1.19 bits per heavy atom. The molecule has 0 aliphatic heterocycles. The third-order valence-electron chi connectivity index (χ3n) is 2.72. The molecule has 0 N–H and O–H groups in total. The van der Waals surface area contributed by atoms with Gasteiger partial charge in [0, 0.05) is 19.0 Å². The average Bonchev–Trinajstić information content (AvgIpc) is 2.24. The summed E-state index contributed by atoms with van der Waals surface area (Å²) in [6, 6.07) is 0. The molecule has 0 aromatic heterocycles. The predicted molar refractivity (Wildman–Crippen MR) is 70.4 cm³/mol. The molecule has 0 saturated heterocycles. The minimum atomic E-state index is -3.14. The number of rotatable bonds is 8. The van der Waals surface area contributed by atoms with Crippen LogP contribution in [-0.4, -0.2) is 37.4 Å². The topological polar surface area (TPSA) is 37.4 Å². The van der Waals surface area contributed by atoms with Crippen molar-refractivity contribution in [3.8, 4) is 0 Å². The highest BCUT2D eigenvalue weighted by Crippen LogP contribution is 2.12. The molecule has 16 heavy (non-hydrogen) atoms. The van der Waals surface area contributed by atoms with E-state index in [1.54, 1.807) is 4.31 Å². The lowest BCUT2D eigenvalue weighted by Crippen LogP contribution is -2.37. The Balaban J connectivity index is 4.55. The number of halogens is 1. The Kier molecular flexibility index (Phi) is 7.61. The first-order chi connectivity index (χ1) is 7.37. The second kappa shape index (κ2) is 7.51. The summed E-state index contributed by atoms with van der Waals surface area (Å²) in [4.78, 5) is 0. The fourth-order valence-corrected chi connectivity index (χ4v) is 3.59. The van der Waals surface area contributed by atoms with E-state index >= 15 is 0 Å². The predicted octanol–water partition coefficient (Wildman–Crippen LogP) is 2.56. The standard InChI is InChI=1S/C11H24ClNO2S/c1-5-10(3)8-13(6-2)16(14,15)9-11(4)7-12/h10-11H,5-9H2,1-4H3. The van der Waals surface area contributed by atoms with Gasteiger partial charge in [-0.05, 0) is 11.8 Å².